The van der Waals surface area contributed by atoms with E-state index in [1.54, 1.807) is 0 Å². The van der Waals surface area contributed by atoms with Crippen molar-refractivity contribution in [2.45, 2.75) is 24.9 Å². The summed E-state index contributed by atoms with van der Waals surface area (Å²) in [6.45, 7) is 11.1. The molecule has 9 heteroatoms. The highest BCUT2D eigenvalue weighted by molar-refractivity contribution is 7.99. The van der Waals surface area contributed by atoms with Gasteiger partial charge >= 0.3 is 0 Å². The Kier molecular flexibility index (Phi) is 7.99. The van der Waals surface area contributed by atoms with Gasteiger partial charge < -0.3 is 20.0 Å². The van der Waals surface area contributed by atoms with Crippen LogP contribution in [0.15, 0.2) is 11.2 Å². The van der Waals surface area contributed by atoms with Crippen LogP contribution in [0.4, 0.5) is 5.82 Å². The maximum Gasteiger partial charge on any atom is 0.230 e. The Labute approximate surface area is 170 Å². The minimum absolute atomic E-state index is 0.0147. The minimum atomic E-state index is 0.0147. The second kappa shape index (κ2) is 10.5. The van der Waals surface area contributed by atoms with Crippen LogP contribution in [0.25, 0.3) is 0 Å². The first kappa shape index (κ1) is 20.6. The van der Waals surface area contributed by atoms with Crippen molar-refractivity contribution in [2.24, 2.45) is 0 Å². The van der Waals surface area contributed by atoms with Gasteiger partial charge in [-0.2, -0.15) is 0 Å². The molecule has 1 N–H and O–H groups in total. The molecule has 1 aromatic heterocycles. The van der Waals surface area contributed by atoms with E-state index in [0.29, 0.717) is 22.6 Å². The molecule has 0 unspecified atom stereocenters. The van der Waals surface area contributed by atoms with Crippen molar-refractivity contribution in [2.75, 3.05) is 69.6 Å². The number of likely N-dealkylation sites (tertiary alicyclic amines) is 1. The zero-order valence-corrected chi connectivity index (χ0v) is 17.6. The lowest BCUT2D eigenvalue weighted by Gasteiger charge is -2.34. The number of carbonyl (C=O) groups is 1. The number of hydrogen-bond acceptors (Lipinski definition) is 7. The maximum absolute atomic E-state index is 12.1. The van der Waals surface area contributed by atoms with Crippen LogP contribution in [0.3, 0.4) is 0 Å². The van der Waals surface area contributed by atoms with Crippen molar-refractivity contribution in [3.05, 3.63) is 11.2 Å². The Hall–Kier alpha value is -1.09. The monoisotopic (exact) mass is 412 g/mol. The zero-order valence-electron chi connectivity index (χ0n) is 16.0. The Balaban J connectivity index is 1.45. The van der Waals surface area contributed by atoms with Crippen LogP contribution < -0.4 is 10.2 Å². The third kappa shape index (κ3) is 6.48. The summed E-state index contributed by atoms with van der Waals surface area (Å²) in [5.74, 6) is 1.17. The normalized spacial score (nSPS) is 18.8. The topological polar surface area (TPSA) is 64.6 Å². The maximum atomic E-state index is 12.1. The molecule has 0 radical (unpaired) electrons. The number of halogens is 1. The second-order valence-electron chi connectivity index (χ2n) is 6.94. The third-order valence-corrected chi connectivity index (χ3v) is 6.13. The van der Waals surface area contributed by atoms with E-state index in [1.165, 1.54) is 24.6 Å². The summed E-state index contributed by atoms with van der Waals surface area (Å²) in [5, 5.41) is 3.96. The van der Waals surface area contributed by atoms with E-state index in [4.69, 9.17) is 11.6 Å². The molecule has 0 atom stereocenters. The van der Waals surface area contributed by atoms with Gasteiger partial charge in [0, 0.05) is 45.3 Å². The summed E-state index contributed by atoms with van der Waals surface area (Å²) < 4.78 is 0. The first-order valence-electron chi connectivity index (χ1n) is 9.78. The Morgan fingerprint density at radius 3 is 2.59 bits per heavy atom. The fraction of sp³-hybridized carbons (Fsp3) is 0.722. The number of rotatable bonds is 8. The predicted octanol–water partition coefficient (Wildman–Crippen LogP) is 1.58. The number of likely N-dealkylation sites (N-methyl/N-ethyl adjacent to an activating group) is 1. The van der Waals surface area contributed by atoms with Crippen LogP contribution in [0.5, 0.6) is 0 Å². The first-order chi connectivity index (χ1) is 13.1. The molecule has 1 aromatic rings. The van der Waals surface area contributed by atoms with Gasteiger partial charge in [0.25, 0.3) is 0 Å². The van der Waals surface area contributed by atoms with Crippen LogP contribution in [0, 0.1) is 0 Å². The van der Waals surface area contributed by atoms with Gasteiger partial charge in [-0.05, 0) is 32.5 Å². The van der Waals surface area contributed by atoms with Gasteiger partial charge in [-0.3, -0.25) is 4.79 Å². The molecular weight excluding hydrogens is 384 g/mol. The number of anilines is 1. The zero-order chi connectivity index (χ0) is 19.1. The third-order valence-electron chi connectivity index (χ3n) is 5.09. The fourth-order valence-corrected chi connectivity index (χ4v) is 4.36. The quantitative estimate of drug-likeness (QED) is 0.395. The highest BCUT2D eigenvalue weighted by Gasteiger charge is 2.18. The number of hydrogen-bond donors (Lipinski definition) is 1. The first-order valence-corrected chi connectivity index (χ1v) is 11.1. The van der Waals surface area contributed by atoms with Gasteiger partial charge in [0.1, 0.15) is 11.0 Å². The van der Waals surface area contributed by atoms with Crippen LogP contribution in [-0.2, 0) is 4.79 Å². The number of piperazine rings is 1. The molecule has 1 amide bonds. The predicted molar refractivity (Wildman–Crippen MR) is 111 cm³/mol. The van der Waals surface area contributed by atoms with Crippen LogP contribution in [0.1, 0.15) is 19.8 Å². The fourth-order valence-electron chi connectivity index (χ4n) is 3.45. The summed E-state index contributed by atoms with van der Waals surface area (Å²) in [4.78, 5) is 28.0. The molecule has 150 valence electrons. The lowest BCUT2D eigenvalue weighted by molar-refractivity contribution is -0.118. The number of nitrogens with zero attached hydrogens (tertiary/aromatic N) is 5. The van der Waals surface area contributed by atoms with E-state index in [0.717, 1.165) is 58.2 Å². The minimum Gasteiger partial charge on any atom is -0.354 e. The van der Waals surface area contributed by atoms with Gasteiger partial charge in [-0.1, -0.05) is 30.3 Å². The summed E-state index contributed by atoms with van der Waals surface area (Å²) in [7, 11) is 0. The van der Waals surface area contributed by atoms with E-state index >= 15 is 0 Å². The highest BCUT2D eigenvalue weighted by Crippen LogP contribution is 2.22. The molecule has 2 fully saturated rings. The SMILES string of the molecule is CCN1CCN(c2cc(Cl)nc(SCC(=O)NCCN3CCCC3)n2)CC1. The largest absolute Gasteiger partial charge is 0.354 e. The van der Waals surface area contributed by atoms with Crippen molar-refractivity contribution in [3.8, 4) is 0 Å². The summed E-state index contributed by atoms with van der Waals surface area (Å²) in [6.07, 6.45) is 2.54. The molecule has 3 rings (SSSR count). The van der Waals surface area contributed by atoms with E-state index in [1.807, 2.05) is 6.07 Å². The average Bonchev–Trinajstić information content (AvgIpc) is 3.19. The Bertz CT molecular complexity index is 620. The summed E-state index contributed by atoms with van der Waals surface area (Å²) >= 11 is 7.53. The Morgan fingerprint density at radius 2 is 1.89 bits per heavy atom. The second-order valence-corrected chi connectivity index (χ2v) is 8.27. The van der Waals surface area contributed by atoms with Crippen molar-refractivity contribution in [3.63, 3.8) is 0 Å². The number of thioether (sulfide) groups is 1. The number of amides is 1. The van der Waals surface area contributed by atoms with Gasteiger partial charge in [-0.15, -0.1) is 0 Å². The lowest BCUT2D eigenvalue weighted by atomic mass is 10.3. The summed E-state index contributed by atoms with van der Waals surface area (Å²) in [5.41, 5.74) is 0. The lowest BCUT2D eigenvalue weighted by Crippen LogP contribution is -2.46. The average molecular weight is 413 g/mol. The molecule has 27 heavy (non-hydrogen) atoms. The van der Waals surface area contributed by atoms with Gasteiger partial charge in [0.2, 0.25) is 5.91 Å². The number of aromatic nitrogens is 2. The molecule has 2 aliphatic rings. The van der Waals surface area contributed by atoms with Crippen LogP contribution >= 0.6 is 23.4 Å². The highest BCUT2D eigenvalue weighted by atomic mass is 35.5. The van der Waals surface area contributed by atoms with Crippen LogP contribution in [-0.4, -0.2) is 90.3 Å². The van der Waals surface area contributed by atoms with Gasteiger partial charge in [0.15, 0.2) is 5.16 Å². The summed E-state index contributed by atoms with van der Waals surface area (Å²) in [6, 6.07) is 1.81. The molecule has 0 saturated carbocycles. The number of nitrogens with one attached hydrogen (secondary N) is 1. The molecule has 3 heterocycles. The molecular formula is C18H29ClN6OS. The van der Waals surface area contributed by atoms with Crippen molar-refractivity contribution in [1.29, 1.82) is 0 Å². The molecule has 7 nitrogen and oxygen atoms in total. The van der Waals surface area contributed by atoms with Gasteiger partial charge in [0.05, 0.1) is 5.75 Å². The van der Waals surface area contributed by atoms with E-state index in [9.17, 15) is 4.79 Å². The molecule has 2 saturated heterocycles. The standard InChI is InChI=1S/C18H29ClN6OS/c1-2-23-9-11-25(12-10-23)16-13-15(19)21-18(22-16)27-14-17(26)20-5-8-24-6-3-4-7-24/h13H,2-12,14H2,1H3,(H,20,26). The van der Waals surface area contributed by atoms with E-state index < -0.39 is 0 Å². The molecule has 0 aromatic carbocycles. The van der Waals surface area contributed by atoms with Crippen molar-refractivity contribution in [1.82, 2.24) is 25.1 Å². The van der Waals surface area contributed by atoms with E-state index in [-0.39, 0.29) is 5.91 Å². The van der Waals surface area contributed by atoms with Crippen molar-refractivity contribution >= 4 is 35.1 Å². The van der Waals surface area contributed by atoms with Crippen LogP contribution in [0.2, 0.25) is 5.15 Å². The Morgan fingerprint density at radius 1 is 1.15 bits per heavy atom. The molecule has 0 bridgehead atoms. The van der Waals surface area contributed by atoms with Crippen molar-refractivity contribution < 1.29 is 4.79 Å². The molecule has 0 spiro atoms. The van der Waals surface area contributed by atoms with E-state index in [2.05, 4.69) is 36.9 Å². The smallest absolute Gasteiger partial charge is 0.230 e. The molecule has 2 aliphatic heterocycles. The van der Waals surface area contributed by atoms with Gasteiger partial charge in [-0.25, -0.2) is 9.97 Å². The number of carbonyl (C=O) groups excluding carboxylic acids is 1. The molecule has 0 aliphatic carbocycles.